The lowest BCUT2D eigenvalue weighted by molar-refractivity contribution is 0.430. The SMILES string of the molecule is Cc1ccc2c(O)n(C)c(=O)cc2c1. The number of aryl methyl sites for hydroxylation is 1. The first-order valence-electron chi connectivity index (χ1n) is 4.39. The number of hydrogen-bond donors (Lipinski definition) is 1. The third-order valence-electron chi connectivity index (χ3n) is 2.38. The highest BCUT2D eigenvalue weighted by atomic mass is 16.3. The summed E-state index contributed by atoms with van der Waals surface area (Å²) in [6, 6.07) is 7.14. The molecule has 2 rings (SSSR count). The fourth-order valence-corrected chi connectivity index (χ4v) is 1.52. The Morgan fingerprint density at radius 1 is 1.29 bits per heavy atom. The number of pyridine rings is 1. The van der Waals surface area contributed by atoms with E-state index in [4.69, 9.17) is 0 Å². The maximum absolute atomic E-state index is 11.4. The molecule has 0 unspecified atom stereocenters. The third-order valence-corrected chi connectivity index (χ3v) is 2.38. The van der Waals surface area contributed by atoms with Gasteiger partial charge >= 0.3 is 0 Å². The largest absolute Gasteiger partial charge is 0.494 e. The van der Waals surface area contributed by atoms with Crippen molar-refractivity contribution in [2.24, 2.45) is 7.05 Å². The number of fused-ring (bicyclic) bond motifs is 1. The summed E-state index contributed by atoms with van der Waals surface area (Å²) in [5.41, 5.74) is 0.880. The van der Waals surface area contributed by atoms with Crippen molar-refractivity contribution in [3.8, 4) is 5.88 Å². The smallest absolute Gasteiger partial charge is 0.253 e. The third kappa shape index (κ3) is 1.18. The molecule has 1 N–H and O–H groups in total. The molecule has 0 spiro atoms. The maximum atomic E-state index is 11.4. The Morgan fingerprint density at radius 3 is 2.71 bits per heavy atom. The van der Waals surface area contributed by atoms with Crippen LogP contribution in [0.25, 0.3) is 10.8 Å². The van der Waals surface area contributed by atoms with Crippen LogP contribution < -0.4 is 5.56 Å². The van der Waals surface area contributed by atoms with E-state index in [0.29, 0.717) is 5.39 Å². The zero-order valence-electron chi connectivity index (χ0n) is 8.11. The van der Waals surface area contributed by atoms with Crippen LogP contribution in [0, 0.1) is 6.92 Å². The predicted octanol–water partition coefficient (Wildman–Crippen LogP) is 1.55. The zero-order valence-corrected chi connectivity index (χ0v) is 8.11. The molecule has 3 heteroatoms. The highest BCUT2D eigenvalue weighted by Gasteiger charge is 2.04. The molecule has 0 aliphatic rings. The second-order valence-corrected chi connectivity index (χ2v) is 3.46. The molecule has 1 heterocycles. The zero-order chi connectivity index (χ0) is 10.3. The Kier molecular flexibility index (Phi) is 1.81. The first kappa shape index (κ1) is 8.81. The molecule has 72 valence electrons. The minimum absolute atomic E-state index is 0.0208. The van der Waals surface area contributed by atoms with Crippen LogP contribution in [0.3, 0.4) is 0 Å². The number of aromatic hydroxyl groups is 1. The van der Waals surface area contributed by atoms with Gasteiger partial charge in [-0.15, -0.1) is 0 Å². The van der Waals surface area contributed by atoms with Gasteiger partial charge in [0.1, 0.15) is 0 Å². The summed E-state index contributed by atoms with van der Waals surface area (Å²) in [7, 11) is 1.55. The molecule has 0 bridgehead atoms. The van der Waals surface area contributed by atoms with Gasteiger partial charge in [0.25, 0.3) is 5.56 Å². The minimum atomic E-state index is -0.194. The van der Waals surface area contributed by atoms with Crippen molar-refractivity contribution in [3.63, 3.8) is 0 Å². The monoisotopic (exact) mass is 189 g/mol. The molecule has 14 heavy (non-hydrogen) atoms. The van der Waals surface area contributed by atoms with E-state index in [1.807, 2.05) is 25.1 Å². The Bertz CT molecular complexity index is 555. The Balaban J connectivity index is 2.98. The summed E-state index contributed by atoms with van der Waals surface area (Å²) < 4.78 is 1.23. The van der Waals surface area contributed by atoms with E-state index >= 15 is 0 Å². The van der Waals surface area contributed by atoms with Crippen LogP contribution in [0.1, 0.15) is 5.56 Å². The lowest BCUT2D eigenvalue weighted by atomic mass is 10.1. The summed E-state index contributed by atoms with van der Waals surface area (Å²) in [6.07, 6.45) is 0. The van der Waals surface area contributed by atoms with E-state index in [1.54, 1.807) is 7.05 Å². The van der Waals surface area contributed by atoms with Crippen LogP contribution in [0.15, 0.2) is 29.1 Å². The average Bonchev–Trinajstić information content (AvgIpc) is 2.14. The van der Waals surface area contributed by atoms with Crippen LogP contribution in [-0.2, 0) is 7.05 Å². The van der Waals surface area contributed by atoms with Gasteiger partial charge in [0.2, 0.25) is 5.88 Å². The molecule has 3 nitrogen and oxygen atoms in total. The topological polar surface area (TPSA) is 42.2 Å². The first-order chi connectivity index (χ1) is 6.59. The molecule has 1 aromatic carbocycles. The van der Waals surface area contributed by atoms with E-state index < -0.39 is 0 Å². The molecular formula is C11H11NO2. The van der Waals surface area contributed by atoms with Crippen molar-refractivity contribution < 1.29 is 5.11 Å². The normalized spacial score (nSPS) is 10.7. The van der Waals surface area contributed by atoms with Gasteiger partial charge in [-0.05, 0) is 18.4 Å². The summed E-state index contributed by atoms with van der Waals surface area (Å²) in [5, 5.41) is 11.2. The molecule has 0 radical (unpaired) electrons. The van der Waals surface area contributed by atoms with Crippen molar-refractivity contribution in [3.05, 3.63) is 40.2 Å². The highest BCUT2D eigenvalue weighted by Crippen LogP contribution is 2.22. The first-order valence-corrected chi connectivity index (χ1v) is 4.39. The molecule has 0 fully saturated rings. The fraction of sp³-hybridized carbons (Fsp3) is 0.182. The molecular weight excluding hydrogens is 178 g/mol. The average molecular weight is 189 g/mol. The predicted molar refractivity (Wildman–Crippen MR) is 55.6 cm³/mol. The fourth-order valence-electron chi connectivity index (χ4n) is 1.52. The highest BCUT2D eigenvalue weighted by molar-refractivity contribution is 5.87. The summed E-state index contributed by atoms with van der Waals surface area (Å²) in [4.78, 5) is 11.4. The van der Waals surface area contributed by atoms with Gasteiger partial charge in [0, 0.05) is 18.5 Å². The van der Waals surface area contributed by atoms with Crippen LogP contribution in [0.4, 0.5) is 0 Å². The van der Waals surface area contributed by atoms with Gasteiger partial charge < -0.3 is 5.11 Å². The molecule has 1 aromatic heterocycles. The molecule has 0 saturated carbocycles. The second-order valence-electron chi connectivity index (χ2n) is 3.46. The number of benzene rings is 1. The Hall–Kier alpha value is -1.77. The standard InChI is InChI=1S/C11H11NO2/c1-7-3-4-9-8(5-7)6-10(13)12(2)11(9)14/h3-6,14H,1-2H3. The number of aromatic nitrogens is 1. The molecule has 0 aliphatic carbocycles. The lowest BCUT2D eigenvalue weighted by Crippen LogP contribution is -2.14. The van der Waals surface area contributed by atoms with Crippen LogP contribution in [-0.4, -0.2) is 9.67 Å². The number of nitrogens with zero attached hydrogens (tertiary/aromatic N) is 1. The van der Waals surface area contributed by atoms with E-state index in [2.05, 4.69) is 0 Å². The van der Waals surface area contributed by atoms with Gasteiger partial charge in [0.15, 0.2) is 0 Å². The Morgan fingerprint density at radius 2 is 2.00 bits per heavy atom. The van der Waals surface area contributed by atoms with Crippen molar-refractivity contribution in [2.45, 2.75) is 6.92 Å². The molecule has 0 amide bonds. The van der Waals surface area contributed by atoms with Crippen LogP contribution >= 0.6 is 0 Å². The molecule has 0 atom stereocenters. The number of rotatable bonds is 0. The van der Waals surface area contributed by atoms with E-state index in [9.17, 15) is 9.90 Å². The molecule has 0 saturated heterocycles. The van der Waals surface area contributed by atoms with Crippen molar-refractivity contribution >= 4 is 10.8 Å². The summed E-state index contributed by atoms with van der Waals surface area (Å²) in [6.45, 7) is 1.95. The van der Waals surface area contributed by atoms with Gasteiger partial charge in [-0.2, -0.15) is 0 Å². The summed E-state index contributed by atoms with van der Waals surface area (Å²) in [5.74, 6) is 0.0208. The molecule has 0 aliphatic heterocycles. The van der Waals surface area contributed by atoms with Gasteiger partial charge in [-0.3, -0.25) is 9.36 Å². The van der Waals surface area contributed by atoms with Crippen molar-refractivity contribution in [2.75, 3.05) is 0 Å². The number of hydrogen-bond acceptors (Lipinski definition) is 2. The van der Waals surface area contributed by atoms with Gasteiger partial charge in [-0.25, -0.2) is 0 Å². The minimum Gasteiger partial charge on any atom is -0.494 e. The van der Waals surface area contributed by atoms with E-state index in [0.717, 1.165) is 10.9 Å². The maximum Gasteiger partial charge on any atom is 0.253 e. The second kappa shape index (κ2) is 2.87. The van der Waals surface area contributed by atoms with E-state index in [1.165, 1.54) is 10.6 Å². The quantitative estimate of drug-likeness (QED) is 0.683. The van der Waals surface area contributed by atoms with Crippen molar-refractivity contribution in [1.82, 2.24) is 4.57 Å². The lowest BCUT2D eigenvalue weighted by Gasteiger charge is -2.05. The molecule has 2 aromatic rings. The van der Waals surface area contributed by atoms with E-state index in [-0.39, 0.29) is 11.4 Å². The van der Waals surface area contributed by atoms with Crippen LogP contribution in [0.2, 0.25) is 0 Å². The van der Waals surface area contributed by atoms with Gasteiger partial charge in [0.05, 0.1) is 0 Å². The Labute approximate surface area is 81.2 Å². The van der Waals surface area contributed by atoms with Crippen molar-refractivity contribution in [1.29, 1.82) is 0 Å². The van der Waals surface area contributed by atoms with Gasteiger partial charge in [-0.1, -0.05) is 17.7 Å². The van der Waals surface area contributed by atoms with Crippen LogP contribution in [0.5, 0.6) is 5.88 Å². The summed E-state index contributed by atoms with van der Waals surface area (Å²) >= 11 is 0.